The monoisotopic (exact) mass is 228 g/mol. The molecule has 0 aliphatic heterocycles. The van der Waals surface area contributed by atoms with E-state index in [1.807, 2.05) is 11.9 Å². The fourth-order valence-corrected chi connectivity index (χ4v) is 2.00. The number of hydrogen-bond acceptors (Lipinski definition) is 4. The molecule has 0 amide bonds. The van der Waals surface area contributed by atoms with Gasteiger partial charge in [0.2, 0.25) is 0 Å². The topological polar surface area (TPSA) is 88.7 Å². The van der Waals surface area contributed by atoms with Crippen molar-refractivity contribution < 1.29 is 0 Å². The summed E-state index contributed by atoms with van der Waals surface area (Å²) in [7, 11) is 0. The van der Waals surface area contributed by atoms with E-state index in [4.69, 9.17) is 16.7 Å². The van der Waals surface area contributed by atoms with Gasteiger partial charge < -0.3 is 0 Å². The zero-order valence-electron chi connectivity index (χ0n) is 6.53. The summed E-state index contributed by atoms with van der Waals surface area (Å²) in [6, 6.07) is 3.52. The molecule has 0 spiro atoms. The number of rotatable bonds is 1. The van der Waals surface area contributed by atoms with Crippen molar-refractivity contribution in [2.75, 3.05) is 11.5 Å². The van der Waals surface area contributed by atoms with Gasteiger partial charge in [0.25, 0.3) is 0 Å². The molecule has 0 saturated carbocycles. The number of hydrogen-bond donors (Lipinski definition) is 2. The minimum absolute atomic E-state index is 0.147. The molecule has 0 atom stereocenters. The van der Waals surface area contributed by atoms with E-state index in [1.165, 1.54) is 6.07 Å². The molecule has 0 aliphatic carbocycles. The van der Waals surface area contributed by atoms with Crippen LogP contribution in [0.2, 0.25) is 5.82 Å². The first-order valence-corrected chi connectivity index (χ1v) is 5.76. The number of pyridine rings is 1. The maximum absolute atomic E-state index is 8.72. The van der Waals surface area contributed by atoms with Crippen molar-refractivity contribution in [3.63, 3.8) is 0 Å². The van der Waals surface area contributed by atoms with Crippen LogP contribution in [0, 0.1) is 11.3 Å². The molecular weight excluding hydrogens is 219 g/mol. The van der Waals surface area contributed by atoms with E-state index in [9.17, 15) is 0 Å². The summed E-state index contributed by atoms with van der Waals surface area (Å²) in [5, 5.41) is 8.72. The summed E-state index contributed by atoms with van der Waals surface area (Å²) in [5.74, 6) is 2.35. The molecule has 0 aliphatic rings. The quantitative estimate of drug-likeness (QED) is 0.632. The van der Waals surface area contributed by atoms with Crippen LogP contribution >= 0.6 is 0 Å². The fourth-order valence-electron chi connectivity index (χ4n) is 0.820. The van der Waals surface area contributed by atoms with Crippen LogP contribution in [0.4, 0.5) is 11.5 Å². The summed E-state index contributed by atoms with van der Waals surface area (Å²) in [6.07, 6.45) is 0. The van der Waals surface area contributed by atoms with Crippen molar-refractivity contribution in [3.05, 3.63) is 11.6 Å². The predicted molar refractivity (Wildman–Crippen MR) is 49.0 cm³/mol. The molecule has 1 aromatic heterocycles. The summed E-state index contributed by atoms with van der Waals surface area (Å²) in [4.78, 5) is 4.03. The molecule has 1 heterocycles. The molecule has 0 unspecified atom stereocenters. The van der Waals surface area contributed by atoms with Gasteiger partial charge in [-0.05, 0) is 0 Å². The molecule has 1 aromatic rings. The normalized spacial score (nSPS) is 9.33. The van der Waals surface area contributed by atoms with E-state index < -0.39 is 0 Å². The first kappa shape index (κ1) is 8.85. The fraction of sp³-hybridized carbons (Fsp3) is 0.143. The Hall–Kier alpha value is -1.24. The van der Waals surface area contributed by atoms with Gasteiger partial charge >= 0.3 is 76.3 Å². The number of nitriles is 1. The third-order valence-corrected chi connectivity index (χ3v) is 2.77. The van der Waals surface area contributed by atoms with Gasteiger partial charge in [0, 0.05) is 0 Å². The average Bonchev–Trinajstić information content (AvgIpc) is 2.03. The number of nitrogens with two attached hydrogens (primary N) is 2. The van der Waals surface area contributed by atoms with Crippen molar-refractivity contribution in [1.82, 2.24) is 4.98 Å². The zero-order valence-corrected chi connectivity index (χ0v) is 8.25. The van der Waals surface area contributed by atoms with E-state index in [-0.39, 0.29) is 15.0 Å². The van der Waals surface area contributed by atoms with E-state index in [0.29, 0.717) is 17.1 Å². The van der Waals surface area contributed by atoms with Crippen molar-refractivity contribution in [2.24, 2.45) is 0 Å². The minimum atomic E-state index is 0.147. The van der Waals surface area contributed by atoms with Crippen LogP contribution in [-0.2, 0) is 0 Å². The van der Waals surface area contributed by atoms with Gasteiger partial charge in [-0.2, -0.15) is 0 Å². The second-order valence-electron chi connectivity index (χ2n) is 2.13. The standard InChI is InChI=1S/C7H8N4Se/c1-12-7-4(3-8)5(9)2-6(10)11-7/h2H,1H3,(H4,9,10,11). The van der Waals surface area contributed by atoms with Crippen LogP contribution in [0.25, 0.3) is 0 Å². The Labute approximate surface area is 76.7 Å². The number of aromatic nitrogens is 1. The molecule has 4 nitrogen and oxygen atoms in total. The summed E-state index contributed by atoms with van der Waals surface area (Å²) in [5.41, 5.74) is 11.9. The molecular formula is C7H8N4Se. The van der Waals surface area contributed by atoms with Crippen LogP contribution in [0.5, 0.6) is 0 Å². The van der Waals surface area contributed by atoms with Crippen molar-refractivity contribution in [3.8, 4) is 6.07 Å². The first-order chi connectivity index (χ1) is 5.69. The van der Waals surface area contributed by atoms with Gasteiger partial charge in [-0.15, -0.1) is 0 Å². The van der Waals surface area contributed by atoms with Crippen molar-refractivity contribution in [1.29, 1.82) is 5.26 Å². The Balaban J connectivity index is 3.36. The summed E-state index contributed by atoms with van der Waals surface area (Å²) < 4.78 is 0.725. The Morgan fingerprint density at radius 1 is 1.58 bits per heavy atom. The molecule has 5 heteroatoms. The molecule has 0 bridgehead atoms. The third kappa shape index (κ3) is 1.50. The predicted octanol–water partition coefficient (Wildman–Crippen LogP) is -0.505. The summed E-state index contributed by atoms with van der Waals surface area (Å²) >= 11 is 0.147. The zero-order chi connectivity index (χ0) is 9.14. The van der Waals surface area contributed by atoms with E-state index in [2.05, 4.69) is 4.98 Å². The molecule has 0 fully saturated rings. The van der Waals surface area contributed by atoms with Crippen molar-refractivity contribution >= 4 is 31.1 Å². The van der Waals surface area contributed by atoms with Gasteiger partial charge in [-0.3, -0.25) is 0 Å². The number of nitrogen functional groups attached to an aromatic ring is 2. The second kappa shape index (κ2) is 3.44. The van der Waals surface area contributed by atoms with Gasteiger partial charge in [-0.1, -0.05) is 0 Å². The molecule has 4 N–H and O–H groups in total. The van der Waals surface area contributed by atoms with Gasteiger partial charge in [0.15, 0.2) is 0 Å². The Kier molecular flexibility index (Phi) is 2.54. The molecule has 62 valence electrons. The van der Waals surface area contributed by atoms with Gasteiger partial charge in [0.1, 0.15) is 0 Å². The second-order valence-corrected chi connectivity index (χ2v) is 3.80. The SMILES string of the molecule is C[Se]c1nc(N)cc(N)c1C#N. The van der Waals surface area contributed by atoms with Crippen LogP contribution in [0.3, 0.4) is 0 Å². The van der Waals surface area contributed by atoms with Crippen LogP contribution in [-0.4, -0.2) is 19.9 Å². The van der Waals surface area contributed by atoms with Crippen molar-refractivity contribution in [2.45, 2.75) is 5.82 Å². The summed E-state index contributed by atoms with van der Waals surface area (Å²) in [6.45, 7) is 0. The average molecular weight is 227 g/mol. The molecule has 1 rings (SSSR count). The Morgan fingerprint density at radius 3 is 2.75 bits per heavy atom. The van der Waals surface area contributed by atoms with E-state index >= 15 is 0 Å². The van der Waals surface area contributed by atoms with E-state index in [0.717, 1.165) is 4.59 Å². The number of nitrogens with zero attached hydrogens (tertiary/aromatic N) is 2. The van der Waals surface area contributed by atoms with E-state index in [1.54, 1.807) is 0 Å². The molecule has 0 aromatic carbocycles. The molecule has 0 radical (unpaired) electrons. The molecule has 12 heavy (non-hydrogen) atoms. The van der Waals surface area contributed by atoms with Gasteiger partial charge in [0.05, 0.1) is 0 Å². The first-order valence-electron chi connectivity index (χ1n) is 3.19. The maximum atomic E-state index is 8.72. The molecule has 0 saturated heterocycles. The van der Waals surface area contributed by atoms with Gasteiger partial charge in [-0.25, -0.2) is 0 Å². The van der Waals surface area contributed by atoms with Crippen LogP contribution in [0.1, 0.15) is 5.56 Å². The van der Waals surface area contributed by atoms with Crippen LogP contribution < -0.4 is 16.1 Å². The Bertz CT molecular complexity index is 342. The number of anilines is 2. The van der Waals surface area contributed by atoms with Crippen LogP contribution in [0.15, 0.2) is 6.07 Å². The third-order valence-electron chi connectivity index (χ3n) is 1.34. The Morgan fingerprint density at radius 2 is 2.25 bits per heavy atom.